The van der Waals surface area contributed by atoms with Gasteiger partial charge in [0.1, 0.15) is 0 Å². The van der Waals surface area contributed by atoms with Crippen LogP contribution in [0.1, 0.15) is 55.2 Å². The molecule has 5 nitrogen and oxygen atoms in total. The summed E-state index contributed by atoms with van der Waals surface area (Å²) >= 11 is 1.52. The van der Waals surface area contributed by atoms with Gasteiger partial charge in [0.25, 0.3) is 0 Å². The van der Waals surface area contributed by atoms with Crippen LogP contribution in [0.2, 0.25) is 0 Å². The number of nitrogens with zero attached hydrogens (tertiary/aromatic N) is 4. The second kappa shape index (κ2) is 7.66. The number of likely N-dealkylation sites (N-methyl/N-ethyl adjacent to an activating group) is 1. The van der Waals surface area contributed by atoms with Gasteiger partial charge in [-0.25, -0.2) is 0 Å². The summed E-state index contributed by atoms with van der Waals surface area (Å²) in [5, 5.41) is 12.4. The lowest BCUT2D eigenvalue weighted by Crippen LogP contribution is -2.24. The van der Waals surface area contributed by atoms with Gasteiger partial charge in [-0.1, -0.05) is 24.8 Å². The van der Waals surface area contributed by atoms with Gasteiger partial charge >= 0.3 is 0 Å². The van der Waals surface area contributed by atoms with Crippen LogP contribution in [0.25, 0.3) is 0 Å². The van der Waals surface area contributed by atoms with E-state index in [2.05, 4.69) is 58.4 Å². The van der Waals surface area contributed by atoms with E-state index in [0.29, 0.717) is 0 Å². The summed E-state index contributed by atoms with van der Waals surface area (Å²) in [7, 11) is 0. The van der Waals surface area contributed by atoms with E-state index in [9.17, 15) is 0 Å². The van der Waals surface area contributed by atoms with Crippen LogP contribution in [0, 0.1) is 6.92 Å². The third-order valence-electron chi connectivity index (χ3n) is 3.54. The molecule has 0 fully saturated rings. The Morgan fingerprint density at radius 1 is 1.33 bits per heavy atom. The van der Waals surface area contributed by atoms with Crippen molar-refractivity contribution in [3.05, 3.63) is 28.0 Å². The molecule has 1 atom stereocenters. The molecule has 0 aromatic carbocycles. The third-order valence-corrected chi connectivity index (χ3v) is 4.42. The number of rotatable bonds is 8. The molecule has 0 aliphatic heterocycles. The van der Waals surface area contributed by atoms with Crippen LogP contribution in [0.15, 0.2) is 6.07 Å². The van der Waals surface area contributed by atoms with Crippen molar-refractivity contribution in [3.8, 4) is 0 Å². The molecular formula is C15H25N5S. The van der Waals surface area contributed by atoms with Crippen molar-refractivity contribution in [2.75, 3.05) is 6.54 Å². The van der Waals surface area contributed by atoms with E-state index in [1.54, 1.807) is 0 Å². The van der Waals surface area contributed by atoms with Crippen LogP contribution in [-0.4, -0.2) is 25.9 Å². The molecule has 6 heteroatoms. The molecule has 0 spiro atoms. The van der Waals surface area contributed by atoms with Gasteiger partial charge in [0, 0.05) is 18.7 Å². The van der Waals surface area contributed by atoms with Gasteiger partial charge in [-0.3, -0.25) is 4.68 Å². The standard InChI is InChI=1S/C15H25N5S/c1-5-8-13-15(21-19-17-13)14(16-6-2)10-12-9-11(4)18-20(12)7-3/h9,14,16H,5-8,10H2,1-4H3. The molecule has 0 aliphatic rings. The highest BCUT2D eigenvalue weighted by Crippen LogP contribution is 2.25. The molecule has 0 bridgehead atoms. The first-order valence-electron chi connectivity index (χ1n) is 7.77. The van der Waals surface area contributed by atoms with E-state index in [4.69, 9.17) is 0 Å². The number of hydrogen-bond acceptors (Lipinski definition) is 5. The number of aromatic nitrogens is 4. The fourth-order valence-electron chi connectivity index (χ4n) is 2.64. The molecule has 116 valence electrons. The van der Waals surface area contributed by atoms with Crippen LogP contribution in [0.3, 0.4) is 0 Å². The van der Waals surface area contributed by atoms with Crippen LogP contribution in [0.5, 0.6) is 0 Å². The maximum absolute atomic E-state index is 4.54. The molecular weight excluding hydrogens is 282 g/mol. The van der Waals surface area contributed by atoms with Crippen LogP contribution in [0.4, 0.5) is 0 Å². The summed E-state index contributed by atoms with van der Waals surface area (Å²) in [5.74, 6) is 0. The van der Waals surface area contributed by atoms with Gasteiger partial charge in [0.15, 0.2) is 0 Å². The molecule has 2 aromatic rings. The largest absolute Gasteiger partial charge is 0.309 e. The van der Waals surface area contributed by atoms with Crippen molar-refractivity contribution < 1.29 is 0 Å². The molecule has 21 heavy (non-hydrogen) atoms. The van der Waals surface area contributed by atoms with E-state index in [-0.39, 0.29) is 6.04 Å². The van der Waals surface area contributed by atoms with Gasteiger partial charge in [-0.2, -0.15) is 5.10 Å². The molecule has 0 amide bonds. The zero-order valence-corrected chi connectivity index (χ0v) is 14.2. The van der Waals surface area contributed by atoms with Gasteiger partial charge in [0.05, 0.1) is 22.3 Å². The summed E-state index contributed by atoms with van der Waals surface area (Å²) in [6, 6.07) is 2.46. The van der Waals surface area contributed by atoms with Crippen molar-refractivity contribution in [3.63, 3.8) is 0 Å². The van der Waals surface area contributed by atoms with Crippen LogP contribution in [-0.2, 0) is 19.4 Å². The van der Waals surface area contributed by atoms with E-state index < -0.39 is 0 Å². The summed E-state index contributed by atoms with van der Waals surface area (Å²) < 4.78 is 6.25. The zero-order chi connectivity index (χ0) is 15.2. The maximum Gasteiger partial charge on any atom is 0.0803 e. The normalized spacial score (nSPS) is 12.8. The number of nitrogens with one attached hydrogen (secondary N) is 1. The molecule has 2 heterocycles. The van der Waals surface area contributed by atoms with Gasteiger partial charge in [-0.05, 0) is 44.4 Å². The quantitative estimate of drug-likeness (QED) is 0.814. The predicted octanol–water partition coefficient (Wildman–Crippen LogP) is 2.91. The molecule has 2 rings (SSSR count). The highest BCUT2D eigenvalue weighted by Gasteiger charge is 2.20. The molecule has 0 saturated carbocycles. The minimum atomic E-state index is 0.276. The molecule has 2 aromatic heterocycles. The molecule has 0 radical (unpaired) electrons. The fraction of sp³-hybridized carbons (Fsp3) is 0.667. The van der Waals surface area contributed by atoms with Crippen LogP contribution >= 0.6 is 11.5 Å². The average Bonchev–Trinajstić information content (AvgIpc) is 3.05. The fourth-order valence-corrected chi connectivity index (χ4v) is 3.41. The predicted molar refractivity (Wildman–Crippen MR) is 86.7 cm³/mol. The first-order valence-corrected chi connectivity index (χ1v) is 8.54. The smallest absolute Gasteiger partial charge is 0.0803 e. The lowest BCUT2D eigenvalue weighted by Gasteiger charge is -2.17. The van der Waals surface area contributed by atoms with Crippen LogP contribution < -0.4 is 5.32 Å². The van der Waals surface area contributed by atoms with Crippen molar-refractivity contribution in [1.82, 2.24) is 24.7 Å². The number of aryl methyl sites for hydroxylation is 3. The third kappa shape index (κ3) is 3.89. The highest BCUT2D eigenvalue weighted by atomic mass is 32.1. The Bertz CT molecular complexity index is 560. The molecule has 1 unspecified atom stereocenters. The molecule has 0 saturated heterocycles. The highest BCUT2D eigenvalue weighted by molar-refractivity contribution is 7.05. The SMILES string of the molecule is CCCc1nnsc1C(Cc1cc(C)nn1CC)NCC. The van der Waals surface area contributed by atoms with E-state index in [1.807, 2.05) is 0 Å². The summed E-state index contributed by atoms with van der Waals surface area (Å²) in [5.41, 5.74) is 3.50. The lowest BCUT2D eigenvalue weighted by atomic mass is 10.1. The van der Waals surface area contributed by atoms with Crippen molar-refractivity contribution >= 4 is 11.5 Å². The minimum absolute atomic E-state index is 0.276. The second-order valence-corrected chi connectivity index (χ2v) is 6.03. The maximum atomic E-state index is 4.54. The Morgan fingerprint density at radius 2 is 2.14 bits per heavy atom. The van der Waals surface area contributed by atoms with E-state index in [1.165, 1.54) is 22.1 Å². The summed E-state index contributed by atoms with van der Waals surface area (Å²) in [6.07, 6.45) is 3.03. The van der Waals surface area contributed by atoms with Crippen molar-refractivity contribution in [1.29, 1.82) is 0 Å². The first kappa shape index (κ1) is 16.1. The Balaban J connectivity index is 2.24. The topological polar surface area (TPSA) is 55.6 Å². The van der Waals surface area contributed by atoms with Crippen molar-refractivity contribution in [2.24, 2.45) is 0 Å². The van der Waals surface area contributed by atoms with Gasteiger partial charge < -0.3 is 5.32 Å². The Morgan fingerprint density at radius 3 is 2.81 bits per heavy atom. The Hall–Kier alpha value is -1.27. The van der Waals surface area contributed by atoms with Crippen molar-refractivity contribution in [2.45, 2.75) is 59.5 Å². The number of hydrogen-bond donors (Lipinski definition) is 1. The summed E-state index contributed by atoms with van der Waals surface area (Å²) in [4.78, 5) is 1.28. The first-order chi connectivity index (χ1) is 10.2. The second-order valence-electron chi connectivity index (χ2n) is 5.24. The average molecular weight is 307 g/mol. The zero-order valence-electron chi connectivity index (χ0n) is 13.4. The van der Waals surface area contributed by atoms with Gasteiger partial charge in [0.2, 0.25) is 0 Å². The van der Waals surface area contributed by atoms with Gasteiger partial charge in [-0.15, -0.1) is 5.10 Å². The lowest BCUT2D eigenvalue weighted by molar-refractivity contribution is 0.518. The molecule has 1 N–H and O–H groups in total. The monoisotopic (exact) mass is 307 g/mol. The Kier molecular flexibility index (Phi) is 5.87. The van der Waals surface area contributed by atoms with E-state index in [0.717, 1.165) is 43.7 Å². The van der Waals surface area contributed by atoms with E-state index >= 15 is 0 Å². The Labute approximate surface area is 130 Å². The summed E-state index contributed by atoms with van der Waals surface area (Å²) in [6.45, 7) is 10.4. The minimum Gasteiger partial charge on any atom is -0.309 e. The molecule has 0 aliphatic carbocycles.